The topological polar surface area (TPSA) is 106 Å². The number of benzene rings is 1. The largest absolute Gasteiger partial charge is 0.492 e. The van der Waals surface area contributed by atoms with Crippen molar-refractivity contribution in [3.05, 3.63) is 5.82 Å². The van der Waals surface area contributed by atoms with Gasteiger partial charge in [0.25, 0.3) is 0 Å². The van der Waals surface area contributed by atoms with Crippen molar-refractivity contribution in [1.82, 2.24) is 9.97 Å². The number of aromatic nitrogens is 2. The van der Waals surface area contributed by atoms with Crippen molar-refractivity contribution in [3.8, 4) is 23.0 Å². The Labute approximate surface area is 127 Å². The fourth-order valence-electron chi connectivity index (χ4n) is 2.21. The van der Waals surface area contributed by atoms with Gasteiger partial charge in [0.2, 0.25) is 17.2 Å². The Morgan fingerprint density at radius 1 is 0.955 bits per heavy atom. The molecule has 2 aromatic rings. The Bertz CT molecular complexity index is 745. The molecule has 1 aromatic carbocycles. The predicted octanol–water partition coefficient (Wildman–Crippen LogP) is 1.47. The summed E-state index contributed by atoms with van der Waals surface area (Å²) in [6, 6.07) is 0. The lowest BCUT2D eigenvalue weighted by Gasteiger charge is -2.18. The number of ether oxygens (including phenoxy) is 4. The average Bonchev–Trinajstić information content (AvgIpc) is 2.46. The van der Waals surface area contributed by atoms with E-state index >= 15 is 0 Å². The van der Waals surface area contributed by atoms with E-state index in [1.165, 1.54) is 28.3 Å². The van der Waals surface area contributed by atoms with Gasteiger partial charge < -0.3 is 24.7 Å². The molecule has 0 atom stereocenters. The second kappa shape index (κ2) is 5.92. The number of anilines is 1. The SMILES string of the molecule is COc1c(OC)c(OC)c2c(N)nc(C)nc2c1OC(C)=O. The Balaban J connectivity index is 3.03. The summed E-state index contributed by atoms with van der Waals surface area (Å²) in [6.45, 7) is 2.95. The molecule has 8 heteroatoms. The van der Waals surface area contributed by atoms with Crippen molar-refractivity contribution in [3.63, 3.8) is 0 Å². The van der Waals surface area contributed by atoms with Crippen LogP contribution in [0.1, 0.15) is 12.7 Å². The van der Waals surface area contributed by atoms with Crippen molar-refractivity contribution >= 4 is 22.7 Å². The third-order valence-corrected chi connectivity index (χ3v) is 2.97. The Kier molecular flexibility index (Phi) is 4.20. The third kappa shape index (κ3) is 2.43. The molecule has 0 unspecified atom stereocenters. The van der Waals surface area contributed by atoms with Gasteiger partial charge in [-0.15, -0.1) is 0 Å². The molecular formula is C14H17N3O5. The number of hydrogen-bond acceptors (Lipinski definition) is 8. The van der Waals surface area contributed by atoms with Crippen LogP contribution in [0.15, 0.2) is 0 Å². The minimum atomic E-state index is -0.526. The van der Waals surface area contributed by atoms with Crippen LogP contribution in [-0.2, 0) is 4.79 Å². The van der Waals surface area contributed by atoms with Gasteiger partial charge in [-0.1, -0.05) is 0 Å². The molecule has 1 heterocycles. The van der Waals surface area contributed by atoms with Gasteiger partial charge in [0.15, 0.2) is 5.75 Å². The summed E-state index contributed by atoms with van der Waals surface area (Å²) in [7, 11) is 4.32. The highest BCUT2D eigenvalue weighted by Gasteiger charge is 2.27. The van der Waals surface area contributed by atoms with Crippen molar-refractivity contribution in [2.45, 2.75) is 13.8 Å². The molecule has 0 bridgehead atoms. The molecule has 1 aromatic heterocycles. The molecule has 0 amide bonds. The highest BCUT2D eigenvalue weighted by molar-refractivity contribution is 6.02. The fraction of sp³-hybridized carbons (Fsp3) is 0.357. The second-order valence-corrected chi connectivity index (χ2v) is 4.40. The summed E-state index contributed by atoms with van der Waals surface area (Å²) < 4.78 is 21.3. The van der Waals surface area contributed by atoms with Gasteiger partial charge in [-0.3, -0.25) is 4.79 Å². The smallest absolute Gasteiger partial charge is 0.308 e. The molecule has 2 N–H and O–H groups in total. The Morgan fingerprint density at radius 2 is 1.50 bits per heavy atom. The number of aryl methyl sites for hydroxylation is 1. The summed E-state index contributed by atoms with van der Waals surface area (Å²) in [4.78, 5) is 19.8. The quantitative estimate of drug-likeness (QED) is 0.668. The molecule has 22 heavy (non-hydrogen) atoms. The molecule has 0 fully saturated rings. The Hall–Kier alpha value is -2.77. The van der Waals surface area contributed by atoms with Crippen LogP contribution in [0.3, 0.4) is 0 Å². The number of esters is 1. The number of methoxy groups -OCH3 is 3. The van der Waals surface area contributed by atoms with Crippen molar-refractivity contribution in [1.29, 1.82) is 0 Å². The van der Waals surface area contributed by atoms with Gasteiger partial charge in [0.05, 0.1) is 26.7 Å². The summed E-state index contributed by atoms with van der Waals surface area (Å²) in [6.07, 6.45) is 0. The second-order valence-electron chi connectivity index (χ2n) is 4.40. The summed E-state index contributed by atoms with van der Waals surface area (Å²) >= 11 is 0. The van der Waals surface area contributed by atoms with Crippen LogP contribution in [0.25, 0.3) is 10.9 Å². The zero-order valence-corrected chi connectivity index (χ0v) is 13.0. The fourth-order valence-corrected chi connectivity index (χ4v) is 2.21. The van der Waals surface area contributed by atoms with Gasteiger partial charge in [-0.05, 0) is 6.92 Å². The van der Waals surface area contributed by atoms with E-state index in [-0.39, 0.29) is 23.1 Å². The first-order chi connectivity index (χ1) is 10.4. The van der Waals surface area contributed by atoms with Crippen LogP contribution >= 0.6 is 0 Å². The molecule has 0 aliphatic rings. The normalized spacial score (nSPS) is 10.4. The lowest BCUT2D eigenvalue weighted by molar-refractivity contribution is -0.131. The maximum absolute atomic E-state index is 11.4. The lowest BCUT2D eigenvalue weighted by Crippen LogP contribution is -2.08. The number of fused-ring (bicyclic) bond motifs is 1. The maximum Gasteiger partial charge on any atom is 0.308 e. The zero-order chi connectivity index (χ0) is 16.4. The lowest BCUT2D eigenvalue weighted by atomic mass is 10.1. The van der Waals surface area contributed by atoms with Crippen LogP contribution in [0.4, 0.5) is 5.82 Å². The van der Waals surface area contributed by atoms with Gasteiger partial charge in [0.1, 0.15) is 17.2 Å². The van der Waals surface area contributed by atoms with Crippen LogP contribution in [0.5, 0.6) is 23.0 Å². The molecule has 0 spiro atoms. The van der Waals surface area contributed by atoms with Crippen molar-refractivity contribution in [2.75, 3.05) is 27.1 Å². The van der Waals surface area contributed by atoms with Crippen LogP contribution in [0.2, 0.25) is 0 Å². The number of carbonyl (C=O) groups excluding carboxylic acids is 1. The van der Waals surface area contributed by atoms with Crippen LogP contribution < -0.4 is 24.7 Å². The first kappa shape index (κ1) is 15.6. The van der Waals surface area contributed by atoms with Crippen LogP contribution in [-0.4, -0.2) is 37.3 Å². The van der Waals surface area contributed by atoms with E-state index in [2.05, 4.69) is 9.97 Å². The number of carbonyl (C=O) groups is 1. The van der Waals surface area contributed by atoms with E-state index < -0.39 is 5.97 Å². The van der Waals surface area contributed by atoms with E-state index in [1.807, 2.05) is 0 Å². The molecule has 0 saturated heterocycles. The molecule has 0 radical (unpaired) electrons. The monoisotopic (exact) mass is 307 g/mol. The molecule has 0 aliphatic carbocycles. The molecular weight excluding hydrogens is 290 g/mol. The standard InChI is InChI=1S/C14H17N3O5/c1-6-16-9-8(14(15)17-6)10(19-3)12(20-4)13(21-5)11(9)22-7(2)18/h1-5H3,(H2,15,16,17). The number of nitrogens with zero attached hydrogens (tertiary/aromatic N) is 2. The summed E-state index contributed by atoms with van der Waals surface area (Å²) in [5.41, 5.74) is 6.29. The van der Waals surface area contributed by atoms with E-state index in [4.69, 9.17) is 24.7 Å². The molecule has 0 saturated carbocycles. The first-order valence-corrected chi connectivity index (χ1v) is 6.38. The summed E-state index contributed by atoms with van der Waals surface area (Å²) in [5.74, 6) is 0.943. The number of rotatable bonds is 4. The third-order valence-electron chi connectivity index (χ3n) is 2.97. The highest BCUT2D eigenvalue weighted by Crippen LogP contribution is 2.51. The molecule has 118 valence electrons. The van der Waals surface area contributed by atoms with E-state index in [0.29, 0.717) is 22.5 Å². The van der Waals surface area contributed by atoms with E-state index in [9.17, 15) is 4.79 Å². The van der Waals surface area contributed by atoms with Gasteiger partial charge in [0, 0.05) is 6.92 Å². The van der Waals surface area contributed by atoms with E-state index in [0.717, 1.165) is 0 Å². The maximum atomic E-state index is 11.4. The van der Waals surface area contributed by atoms with Gasteiger partial charge in [-0.2, -0.15) is 0 Å². The minimum Gasteiger partial charge on any atom is -0.492 e. The molecule has 2 rings (SSSR count). The van der Waals surface area contributed by atoms with Crippen molar-refractivity contribution in [2.24, 2.45) is 0 Å². The van der Waals surface area contributed by atoms with Gasteiger partial charge in [-0.25, -0.2) is 9.97 Å². The molecule has 8 nitrogen and oxygen atoms in total. The number of nitrogen functional groups attached to an aromatic ring is 1. The Morgan fingerprint density at radius 3 is 2.00 bits per heavy atom. The van der Waals surface area contributed by atoms with E-state index in [1.54, 1.807) is 6.92 Å². The number of hydrogen-bond donors (Lipinski definition) is 1. The van der Waals surface area contributed by atoms with Crippen LogP contribution in [0, 0.1) is 6.92 Å². The average molecular weight is 307 g/mol. The predicted molar refractivity (Wildman–Crippen MR) is 79.7 cm³/mol. The van der Waals surface area contributed by atoms with Gasteiger partial charge >= 0.3 is 5.97 Å². The first-order valence-electron chi connectivity index (χ1n) is 6.38. The summed E-state index contributed by atoms with van der Waals surface area (Å²) in [5, 5.41) is 0.391. The zero-order valence-electron chi connectivity index (χ0n) is 13.0. The molecule has 0 aliphatic heterocycles. The van der Waals surface area contributed by atoms with Crippen molar-refractivity contribution < 1.29 is 23.7 Å². The number of nitrogens with two attached hydrogens (primary N) is 1. The minimum absolute atomic E-state index is 0.111. The highest BCUT2D eigenvalue weighted by atomic mass is 16.6.